The first kappa shape index (κ1) is 20.1. The molecule has 0 atom stereocenters. The molecule has 2 amide bonds. The Labute approximate surface area is 180 Å². The van der Waals surface area contributed by atoms with Gasteiger partial charge in [-0.05, 0) is 54.0 Å². The van der Waals surface area contributed by atoms with Gasteiger partial charge in [-0.1, -0.05) is 36.4 Å². The Kier molecular flexibility index (Phi) is 6.18. The summed E-state index contributed by atoms with van der Waals surface area (Å²) in [4.78, 5) is 32.7. The average molecular weight is 410 g/mol. The number of para-hydroxylation sites is 1. The Balaban J connectivity index is 1.47. The summed E-state index contributed by atoms with van der Waals surface area (Å²) >= 11 is 0. The number of fused-ring (bicyclic) bond motifs is 1. The summed E-state index contributed by atoms with van der Waals surface area (Å²) in [5.74, 6) is -0.686. The number of aromatic amines is 1. The third-order valence-corrected chi connectivity index (χ3v) is 4.90. The summed E-state index contributed by atoms with van der Waals surface area (Å²) in [6.07, 6.45) is 7.55. The average Bonchev–Trinajstić information content (AvgIpc) is 3.23. The predicted octanol–water partition coefficient (Wildman–Crippen LogP) is 3.69. The van der Waals surface area contributed by atoms with E-state index in [-0.39, 0.29) is 17.5 Å². The molecular weight excluding hydrogens is 388 g/mol. The lowest BCUT2D eigenvalue weighted by Crippen LogP contribution is -2.35. The van der Waals surface area contributed by atoms with Crippen LogP contribution < -0.4 is 10.6 Å². The molecule has 0 aliphatic rings. The number of carbonyl (C=O) groups excluding carboxylic acids is 2. The van der Waals surface area contributed by atoms with Crippen LogP contribution in [0.4, 0.5) is 0 Å². The van der Waals surface area contributed by atoms with Gasteiger partial charge in [0.15, 0.2) is 0 Å². The summed E-state index contributed by atoms with van der Waals surface area (Å²) in [5.41, 5.74) is 3.62. The van der Waals surface area contributed by atoms with Crippen LogP contribution in [0.1, 0.15) is 21.5 Å². The number of pyridine rings is 1. The molecule has 6 nitrogen and oxygen atoms in total. The number of rotatable bonds is 7. The number of nitrogens with zero attached hydrogens (tertiary/aromatic N) is 1. The van der Waals surface area contributed by atoms with Crippen LogP contribution in [0.5, 0.6) is 0 Å². The van der Waals surface area contributed by atoms with Crippen molar-refractivity contribution >= 4 is 28.8 Å². The minimum Gasteiger partial charge on any atom is -0.361 e. The van der Waals surface area contributed by atoms with E-state index >= 15 is 0 Å². The topological polar surface area (TPSA) is 86.9 Å². The van der Waals surface area contributed by atoms with Crippen molar-refractivity contribution < 1.29 is 9.59 Å². The molecule has 4 aromatic rings. The predicted molar refractivity (Wildman–Crippen MR) is 121 cm³/mol. The Bertz CT molecular complexity index is 1210. The van der Waals surface area contributed by atoms with Gasteiger partial charge in [-0.2, -0.15) is 0 Å². The van der Waals surface area contributed by atoms with Gasteiger partial charge in [-0.25, -0.2) is 0 Å². The van der Waals surface area contributed by atoms with Crippen LogP contribution in [-0.4, -0.2) is 28.3 Å². The van der Waals surface area contributed by atoms with Crippen LogP contribution in [0.15, 0.2) is 91.0 Å². The van der Waals surface area contributed by atoms with Gasteiger partial charge < -0.3 is 15.6 Å². The molecule has 31 heavy (non-hydrogen) atoms. The molecule has 6 heteroatoms. The van der Waals surface area contributed by atoms with E-state index in [2.05, 4.69) is 26.7 Å². The van der Waals surface area contributed by atoms with Crippen molar-refractivity contribution in [1.29, 1.82) is 0 Å². The van der Waals surface area contributed by atoms with E-state index in [1.165, 1.54) is 0 Å². The Morgan fingerprint density at radius 2 is 1.68 bits per heavy atom. The van der Waals surface area contributed by atoms with Gasteiger partial charge in [-0.15, -0.1) is 0 Å². The molecule has 0 radical (unpaired) electrons. The highest BCUT2D eigenvalue weighted by molar-refractivity contribution is 6.05. The van der Waals surface area contributed by atoms with Crippen molar-refractivity contribution in [3.63, 3.8) is 0 Å². The van der Waals surface area contributed by atoms with Crippen LogP contribution in [0, 0.1) is 0 Å². The maximum absolute atomic E-state index is 12.9. The van der Waals surface area contributed by atoms with E-state index in [4.69, 9.17) is 0 Å². The van der Waals surface area contributed by atoms with Gasteiger partial charge in [-0.3, -0.25) is 14.6 Å². The number of hydrogen-bond donors (Lipinski definition) is 3. The Morgan fingerprint density at radius 1 is 0.935 bits per heavy atom. The van der Waals surface area contributed by atoms with Crippen LogP contribution in [0.2, 0.25) is 0 Å². The molecule has 0 saturated carbocycles. The number of aromatic nitrogens is 2. The number of carbonyl (C=O) groups is 2. The van der Waals surface area contributed by atoms with E-state index in [1.807, 2.05) is 30.5 Å². The zero-order chi connectivity index (χ0) is 21.5. The number of H-pyrrole nitrogens is 1. The second-order valence-electron chi connectivity index (χ2n) is 7.02. The first-order valence-corrected chi connectivity index (χ1v) is 10.0. The van der Waals surface area contributed by atoms with Gasteiger partial charge in [0.05, 0.1) is 0 Å². The molecule has 2 aromatic carbocycles. The normalized spacial score (nSPS) is 11.3. The second-order valence-corrected chi connectivity index (χ2v) is 7.02. The molecule has 2 aromatic heterocycles. The van der Waals surface area contributed by atoms with Gasteiger partial charge in [0.25, 0.3) is 11.8 Å². The summed E-state index contributed by atoms with van der Waals surface area (Å²) in [5, 5.41) is 6.79. The molecule has 0 spiro atoms. The zero-order valence-corrected chi connectivity index (χ0v) is 16.8. The largest absolute Gasteiger partial charge is 0.361 e. The number of benzene rings is 2. The number of nitrogens with one attached hydrogen (secondary N) is 3. The molecule has 4 rings (SSSR count). The number of hydrogen-bond acceptors (Lipinski definition) is 3. The highest BCUT2D eigenvalue weighted by atomic mass is 16.2. The molecular formula is C25H22N4O2. The monoisotopic (exact) mass is 410 g/mol. The van der Waals surface area contributed by atoms with E-state index in [1.54, 1.807) is 54.9 Å². The second kappa shape index (κ2) is 9.54. The molecule has 0 saturated heterocycles. The highest BCUT2D eigenvalue weighted by Crippen LogP contribution is 2.17. The fraction of sp³-hybridized carbons (Fsp3) is 0.0800. The van der Waals surface area contributed by atoms with E-state index in [9.17, 15) is 9.59 Å². The Morgan fingerprint density at radius 3 is 2.48 bits per heavy atom. The van der Waals surface area contributed by atoms with Crippen LogP contribution >= 0.6 is 0 Å². The highest BCUT2D eigenvalue weighted by Gasteiger charge is 2.14. The summed E-state index contributed by atoms with van der Waals surface area (Å²) in [7, 11) is 0. The molecule has 2 heterocycles. The van der Waals surface area contributed by atoms with Crippen molar-refractivity contribution in [2.75, 3.05) is 6.54 Å². The Hall–Kier alpha value is -4.19. The van der Waals surface area contributed by atoms with Crippen molar-refractivity contribution in [3.05, 3.63) is 108 Å². The van der Waals surface area contributed by atoms with Crippen molar-refractivity contribution in [3.8, 4) is 0 Å². The maximum Gasteiger partial charge on any atom is 0.267 e. The van der Waals surface area contributed by atoms with E-state index in [0.29, 0.717) is 18.5 Å². The number of amides is 2. The minimum atomic E-state index is -0.346. The molecule has 154 valence electrons. The molecule has 0 fully saturated rings. The van der Waals surface area contributed by atoms with Crippen LogP contribution in [-0.2, 0) is 11.2 Å². The zero-order valence-electron chi connectivity index (χ0n) is 16.8. The van der Waals surface area contributed by atoms with E-state index in [0.717, 1.165) is 22.0 Å². The third-order valence-electron chi connectivity index (χ3n) is 4.90. The lowest BCUT2D eigenvalue weighted by atomic mass is 10.1. The maximum atomic E-state index is 12.9. The first-order chi connectivity index (χ1) is 15.2. The van der Waals surface area contributed by atoms with Crippen molar-refractivity contribution in [2.24, 2.45) is 0 Å². The molecule has 3 N–H and O–H groups in total. The lowest BCUT2D eigenvalue weighted by molar-refractivity contribution is -0.117. The fourth-order valence-corrected chi connectivity index (χ4v) is 3.31. The standard InChI is InChI=1S/C25H22N4O2/c30-24(19-6-2-1-3-7-19)29-23(16-18-10-13-26-14-11-18)25(31)27-15-12-20-17-28-22-9-5-4-8-21(20)22/h1-11,13-14,16-17,28H,12,15H2,(H,27,31)(H,29,30)/b23-16+. The van der Waals surface area contributed by atoms with E-state index < -0.39 is 0 Å². The van der Waals surface area contributed by atoms with Gasteiger partial charge in [0, 0.05) is 41.6 Å². The summed E-state index contributed by atoms with van der Waals surface area (Å²) < 4.78 is 0. The first-order valence-electron chi connectivity index (χ1n) is 10.0. The molecule has 0 aliphatic carbocycles. The molecule has 0 bridgehead atoms. The summed E-state index contributed by atoms with van der Waals surface area (Å²) in [6.45, 7) is 0.440. The molecule has 0 aliphatic heterocycles. The van der Waals surface area contributed by atoms with Gasteiger partial charge in [0.1, 0.15) is 5.70 Å². The third kappa shape index (κ3) is 5.05. The van der Waals surface area contributed by atoms with Crippen molar-refractivity contribution in [2.45, 2.75) is 6.42 Å². The SMILES string of the molecule is O=C(NCCc1c[nH]c2ccccc12)/C(=C\c1ccncc1)NC(=O)c1ccccc1. The minimum absolute atomic E-state index is 0.180. The van der Waals surface area contributed by atoms with Gasteiger partial charge in [0.2, 0.25) is 0 Å². The van der Waals surface area contributed by atoms with Crippen molar-refractivity contribution in [1.82, 2.24) is 20.6 Å². The fourth-order valence-electron chi connectivity index (χ4n) is 3.31. The quantitative estimate of drug-likeness (QED) is 0.406. The van der Waals surface area contributed by atoms with Crippen LogP contribution in [0.3, 0.4) is 0 Å². The smallest absolute Gasteiger partial charge is 0.267 e. The lowest BCUT2D eigenvalue weighted by Gasteiger charge is -2.11. The molecule has 0 unspecified atom stereocenters. The van der Waals surface area contributed by atoms with Gasteiger partial charge >= 0.3 is 0 Å². The van der Waals surface area contributed by atoms with Crippen LogP contribution in [0.25, 0.3) is 17.0 Å². The summed E-state index contributed by atoms with van der Waals surface area (Å²) in [6, 6.07) is 20.4.